The van der Waals surface area contributed by atoms with Gasteiger partial charge in [0.25, 0.3) is 0 Å². The number of rotatable bonds is 10. The first-order chi connectivity index (χ1) is 14.5. The molecule has 0 unspecified atom stereocenters. The minimum Gasteiger partial charge on any atom is -0.494 e. The normalized spacial score (nSPS) is 17.7. The monoisotopic (exact) mass is 432 g/mol. The van der Waals surface area contributed by atoms with E-state index >= 15 is 0 Å². The van der Waals surface area contributed by atoms with Crippen LogP contribution in [0.5, 0.6) is 5.75 Å². The fourth-order valence-electron chi connectivity index (χ4n) is 3.63. The second-order valence-corrected chi connectivity index (χ2v) is 9.30. The molecule has 1 aliphatic heterocycles. The van der Waals surface area contributed by atoms with Gasteiger partial charge in [-0.15, -0.1) is 0 Å². The predicted molar refractivity (Wildman–Crippen MR) is 118 cm³/mol. The van der Waals surface area contributed by atoms with E-state index in [0.717, 1.165) is 50.4 Å². The van der Waals surface area contributed by atoms with Gasteiger partial charge in [-0.1, -0.05) is 30.3 Å². The number of nitrogens with zero attached hydrogens (tertiary/aromatic N) is 1. The molecule has 1 atom stereocenters. The molecule has 30 heavy (non-hydrogen) atoms. The number of benzene rings is 2. The minimum absolute atomic E-state index is 0.112. The maximum atomic E-state index is 12.5. The molecule has 1 saturated heterocycles. The van der Waals surface area contributed by atoms with E-state index < -0.39 is 10.0 Å². The van der Waals surface area contributed by atoms with Crippen molar-refractivity contribution in [2.45, 2.75) is 37.7 Å². The fourth-order valence-corrected chi connectivity index (χ4v) is 4.79. The Morgan fingerprint density at radius 3 is 2.70 bits per heavy atom. The molecule has 1 fully saturated rings. The standard InChI is InChI=1S/C23H32N2O4S/c1-3-28-22-12-11-21(17-19(22)2)30(26,27)24-13-7-8-14-25-15-16-29-23(18-25)20-9-5-4-6-10-20/h4-6,9-12,17,23-24H,3,7-8,13-16,18H2,1-2H3/t23-/m0/s1. The van der Waals surface area contributed by atoms with Crippen molar-refractivity contribution in [3.05, 3.63) is 59.7 Å². The highest BCUT2D eigenvalue weighted by atomic mass is 32.2. The van der Waals surface area contributed by atoms with Crippen molar-refractivity contribution in [3.63, 3.8) is 0 Å². The van der Waals surface area contributed by atoms with Crippen molar-refractivity contribution < 1.29 is 17.9 Å². The summed E-state index contributed by atoms with van der Waals surface area (Å²) in [5, 5.41) is 0. The third kappa shape index (κ3) is 6.28. The van der Waals surface area contributed by atoms with E-state index in [1.165, 1.54) is 5.56 Å². The Hall–Kier alpha value is -1.93. The smallest absolute Gasteiger partial charge is 0.240 e. The van der Waals surface area contributed by atoms with E-state index in [4.69, 9.17) is 9.47 Å². The largest absolute Gasteiger partial charge is 0.494 e. The average molecular weight is 433 g/mol. The van der Waals surface area contributed by atoms with Crippen molar-refractivity contribution in [1.29, 1.82) is 0 Å². The molecule has 0 radical (unpaired) electrons. The van der Waals surface area contributed by atoms with Crippen LogP contribution in [0.2, 0.25) is 0 Å². The highest BCUT2D eigenvalue weighted by molar-refractivity contribution is 7.89. The Balaban J connectivity index is 1.42. The SMILES string of the molecule is CCOc1ccc(S(=O)(=O)NCCCCN2CCO[C@H](c3ccccc3)C2)cc1C. The number of nitrogens with one attached hydrogen (secondary N) is 1. The number of ether oxygens (including phenoxy) is 2. The van der Waals surface area contributed by atoms with Gasteiger partial charge in [0.2, 0.25) is 10.0 Å². The number of sulfonamides is 1. The maximum absolute atomic E-state index is 12.5. The zero-order chi connectivity index (χ0) is 21.4. The summed E-state index contributed by atoms with van der Waals surface area (Å²) < 4.78 is 39.2. The summed E-state index contributed by atoms with van der Waals surface area (Å²) in [6, 6.07) is 15.3. The highest BCUT2D eigenvalue weighted by Crippen LogP contribution is 2.23. The van der Waals surface area contributed by atoms with Gasteiger partial charge in [-0.2, -0.15) is 0 Å². The molecule has 2 aromatic carbocycles. The number of hydrogen-bond acceptors (Lipinski definition) is 5. The van der Waals surface area contributed by atoms with Gasteiger partial charge in [0.1, 0.15) is 5.75 Å². The van der Waals surface area contributed by atoms with Gasteiger partial charge in [-0.25, -0.2) is 13.1 Å². The first-order valence-corrected chi connectivity index (χ1v) is 12.1. The molecular weight excluding hydrogens is 400 g/mol. The Morgan fingerprint density at radius 2 is 1.97 bits per heavy atom. The quantitative estimate of drug-likeness (QED) is 0.582. The van der Waals surface area contributed by atoms with Crippen LogP contribution in [0.15, 0.2) is 53.4 Å². The highest BCUT2D eigenvalue weighted by Gasteiger charge is 2.21. The molecule has 7 heteroatoms. The van der Waals surface area contributed by atoms with E-state index in [1.54, 1.807) is 18.2 Å². The lowest BCUT2D eigenvalue weighted by Gasteiger charge is -2.33. The number of hydrogen-bond donors (Lipinski definition) is 1. The Kier molecular flexibility index (Phi) is 8.27. The summed E-state index contributed by atoms with van der Waals surface area (Å²) in [6.07, 6.45) is 1.84. The molecule has 164 valence electrons. The molecule has 2 aromatic rings. The van der Waals surface area contributed by atoms with E-state index in [2.05, 4.69) is 21.8 Å². The van der Waals surface area contributed by atoms with Gasteiger partial charge in [0.15, 0.2) is 0 Å². The van der Waals surface area contributed by atoms with Crippen molar-refractivity contribution >= 4 is 10.0 Å². The molecule has 0 bridgehead atoms. The molecule has 1 heterocycles. The van der Waals surface area contributed by atoms with Gasteiger partial charge in [0.05, 0.1) is 24.2 Å². The summed E-state index contributed by atoms with van der Waals surface area (Å²) in [5.74, 6) is 0.718. The molecule has 0 aliphatic carbocycles. The van der Waals surface area contributed by atoms with Crippen molar-refractivity contribution in [3.8, 4) is 5.75 Å². The van der Waals surface area contributed by atoms with Crippen molar-refractivity contribution in [2.75, 3.05) is 39.4 Å². The lowest BCUT2D eigenvalue weighted by molar-refractivity contribution is -0.0303. The molecule has 1 N–H and O–H groups in total. The summed E-state index contributed by atoms with van der Waals surface area (Å²) in [4.78, 5) is 2.67. The van der Waals surface area contributed by atoms with Crippen molar-refractivity contribution in [1.82, 2.24) is 9.62 Å². The lowest BCUT2D eigenvalue weighted by atomic mass is 10.1. The minimum atomic E-state index is -3.50. The lowest BCUT2D eigenvalue weighted by Crippen LogP contribution is -2.39. The summed E-state index contributed by atoms with van der Waals surface area (Å²) in [5.41, 5.74) is 2.03. The number of unbranched alkanes of at least 4 members (excludes halogenated alkanes) is 1. The number of morpholine rings is 1. The average Bonchev–Trinajstić information content (AvgIpc) is 2.76. The summed E-state index contributed by atoms with van der Waals surface area (Å²) in [7, 11) is -3.50. The van der Waals surface area contributed by atoms with Gasteiger partial charge in [-0.3, -0.25) is 4.90 Å². The molecule has 0 amide bonds. The Labute approximate surface area is 180 Å². The Bertz CT molecular complexity index is 903. The maximum Gasteiger partial charge on any atom is 0.240 e. The molecule has 0 spiro atoms. The van der Waals surface area contributed by atoms with E-state index in [1.807, 2.05) is 32.0 Å². The second kappa shape index (κ2) is 10.9. The first kappa shape index (κ1) is 22.7. The first-order valence-electron chi connectivity index (χ1n) is 10.6. The van der Waals surface area contributed by atoms with Crippen LogP contribution in [0.25, 0.3) is 0 Å². The van der Waals surface area contributed by atoms with Crippen LogP contribution in [0.3, 0.4) is 0 Å². The van der Waals surface area contributed by atoms with Crippen LogP contribution in [0, 0.1) is 6.92 Å². The van der Waals surface area contributed by atoms with Crippen molar-refractivity contribution in [2.24, 2.45) is 0 Å². The predicted octanol–water partition coefficient (Wildman–Crippen LogP) is 3.53. The Morgan fingerprint density at radius 1 is 1.17 bits per heavy atom. The van der Waals surface area contributed by atoms with Gasteiger partial charge < -0.3 is 9.47 Å². The fraction of sp³-hybridized carbons (Fsp3) is 0.478. The third-order valence-electron chi connectivity index (χ3n) is 5.27. The molecule has 3 rings (SSSR count). The molecule has 1 aliphatic rings. The second-order valence-electron chi connectivity index (χ2n) is 7.54. The van der Waals surface area contributed by atoms with Crippen LogP contribution in [0.4, 0.5) is 0 Å². The van der Waals surface area contributed by atoms with Crippen LogP contribution in [0.1, 0.15) is 37.0 Å². The molecule has 0 aromatic heterocycles. The molecule has 6 nitrogen and oxygen atoms in total. The van der Waals surface area contributed by atoms with Gasteiger partial charge >= 0.3 is 0 Å². The van der Waals surface area contributed by atoms with Crippen LogP contribution in [-0.2, 0) is 14.8 Å². The van der Waals surface area contributed by atoms with Crippen LogP contribution < -0.4 is 9.46 Å². The van der Waals surface area contributed by atoms with Gasteiger partial charge in [-0.05, 0) is 62.6 Å². The molecule has 0 saturated carbocycles. The van der Waals surface area contributed by atoms with E-state index in [-0.39, 0.29) is 11.0 Å². The van der Waals surface area contributed by atoms with Gasteiger partial charge in [0, 0.05) is 19.6 Å². The molecular formula is C23H32N2O4S. The van der Waals surface area contributed by atoms with Crippen LogP contribution in [-0.4, -0.2) is 52.7 Å². The number of aryl methyl sites for hydroxylation is 1. The topological polar surface area (TPSA) is 67.9 Å². The van der Waals surface area contributed by atoms with E-state index in [0.29, 0.717) is 13.2 Å². The third-order valence-corrected chi connectivity index (χ3v) is 6.73. The summed E-state index contributed by atoms with van der Waals surface area (Å²) >= 11 is 0. The van der Waals surface area contributed by atoms with E-state index in [9.17, 15) is 8.42 Å². The summed E-state index contributed by atoms with van der Waals surface area (Å²) in [6.45, 7) is 8.21. The zero-order valence-electron chi connectivity index (χ0n) is 17.8. The van der Waals surface area contributed by atoms with Crippen LogP contribution >= 0.6 is 0 Å². The zero-order valence-corrected chi connectivity index (χ0v) is 18.7.